The highest BCUT2D eigenvalue weighted by molar-refractivity contribution is 5.89. The monoisotopic (exact) mass is 348 g/mol. The van der Waals surface area contributed by atoms with E-state index in [0.717, 1.165) is 24.7 Å². The summed E-state index contributed by atoms with van der Waals surface area (Å²) in [5.41, 5.74) is 2.61. The van der Waals surface area contributed by atoms with Gasteiger partial charge in [-0.3, -0.25) is 0 Å². The van der Waals surface area contributed by atoms with Crippen molar-refractivity contribution in [2.24, 2.45) is 5.92 Å². The molecule has 8 nitrogen and oxygen atoms in total. The topological polar surface area (TPSA) is 116 Å². The number of hydrogen-bond donors (Lipinski definition) is 3. The van der Waals surface area contributed by atoms with Gasteiger partial charge in [0.1, 0.15) is 0 Å². The lowest BCUT2D eigenvalue weighted by atomic mass is 9.77. The molecule has 2 aliphatic rings. The number of likely N-dealkylation sites (tertiary alicyclic amines) is 1. The number of aliphatic carboxylic acids is 2. The maximum absolute atomic E-state index is 9.55. The van der Waals surface area contributed by atoms with Crippen LogP contribution >= 0.6 is 0 Å². The van der Waals surface area contributed by atoms with E-state index in [1.54, 1.807) is 0 Å². The number of nitrogens with one attached hydrogen (secondary N) is 1. The van der Waals surface area contributed by atoms with Crippen LogP contribution in [0, 0.1) is 5.92 Å². The summed E-state index contributed by atoms with van der Waals surface area (Å²) < 4.78 is 0. The van der Waals surface area contributed by atoms with Crippen LogP contribution in [0.2, 0.25) is 0 Å². The number of fused-ring (bicyclic) bond motifs is 2. The van der Waals surface area contributed by atoms with Crippen molar-refractivity contribution in [1.82, 2.24) is 14.9 Å². The molecule has 0 unspecified atom stereocenters. The molecule has 0 radical (unpaired) electrons. The Morgan fingerprint density at radius 2 is 1.96 bits per heavy atom. The van der Waals surface area contributed by atoms with Crippen molar-refractivity contribution in [3.63, 3.8) is 0 Å². The number of rotatable bonds is 3. The molecular weight excluding hydrogens is 324 g/mol. The van der Waals surface area contributed by atoms with Gasteiger partial charge in [0.05, 0.1) is 0 Å². The minimum atomic E-state index is -1.26. The fourth-order valence-electron chi connectivity index (χ4n) is 3.41. The molecule has 0 spiro atoms. The number of piperidine rings is 1. The van der Waals surface area contributed by atoms with Crippen molar-refractivity contribution in [1.29, 1.82) is 0 Å². The second-order valence-corrected chi connectivity index (χ2v) is 6.28. The van der Waals surface area contributed by atoms with E-state index < -0.39 is 11.9 Å². The van der Waals surface area contributed by atoms with Gasteiger partial charge in [0.15, 0.2) is 0 Å². The van der Waals surface area contributed by atoms with E-state index in [4.69, 9.17) is 10.2 Å². The summed E-state index contributed by atoms with van der Waals surface area (Å²) in [5.74, 6) is -0.966. The summed E-state index contributed by atoms with van der Waals surface area (Å²) in [6.07, 6.45) is 8.06. The number of likely N-dealkylation sites (N-methyl/N-ethyl adjacent to an activating group) is 1. The van der Waals surface area contributed by atoms with Gasteiger partial charge in [-0.1, -0.05) is 0 Å². The van der Waals surface area contributed by atoms with Gasteiger partial charge in [0, 0.05) is 37.1 Å². The van der Waals surface area contributed by atoms with E-state index in [1.165, 1.54) is 30.6 Å². The first-order valence-corrected chi connectivity index (χ1v) is 8.27. The molecule has 3 N–H and O–H groups in total. The summed E-state index contributed by atoms with van der Waals surface area (Å²) in [6, 6.07) is 0.709. The number of nitrogens with zero attached hydrogens (tertiary/aromatic N) is 3. The summed E-state index contributed by atoms with van der Waals surface area (Å²) >= 11 is 0. The Bertz CT molecular complexity index is 646. The molecule has 8 heteroatoms. The highest BCUT2D eigenvalue weighted by atomic mass is 16.4. The second-order valence-electron chi connectivity index (χ2n) is 6.28. The summed E-state index contributed by atoms with van der Waals surface area (Å²) in [6.45, 7) is 1.24. The molecule has 1 aromatic heterocycles. The number of aromatic nitrogens is 2. The molecule has 1 saturated heterocycles. The average Bonchev–Trinajstić information content (AvgIpc) is 2.59. The average molecular weight is 348 g/mol. The van der Waals surface area contributed by atoms with E-state index in [-0.39, 0.29) is 0 Å². The number of carboxylic acids is 2. The third-order valence-corrected chi connectivity index (χ3v) is 4.63. The lowest BCUT2D eigenvalue weighted by Crippen LogP contribution is -2.47. The van der Waals surface area contributed by atoms with Crippen LogP contribution in [0.25, 0.3) is 0 Å². The maximum Gasteiger partial charge on any atom is 0.328 e. The van der Waals surface area contributed by atoms with Crippen LogP contribution in [-0.4, -0.2) is 63.7 Å². The number of carbonyl (C=O) groups is 2. The van der Waals surface area contributed by atoms with Crippen LogP contribution in [0.1, 0.15) is 24.1 Å². The van der Waals surface area contributed by atoms with E-state index in [2.05, 4.69) is 27.2 Å². The van der Waals surface area contributed by atoms with Gasteiger partial charge >= 0.3 is 11.9 Å². The molecule has 1 aromatic rings. The normalized spacial score (nSPS) is 22.3. The Balaban J connectivity index is 0.000000242. The van der Waals surface area contributed by atoms with Gasteiger partial charge in [-0.15, -0.1) is 0 Å². The smallest absolute Gasteiger partial charge is 0.328 e. The van der Waals surface area contributed by atoms with Crippen molar-refractivity contribution in [2.75, 3.05) is 26.0 Å². The Hall–Kier alpha value is -2.48. The maximum atomic E-state index is 9.55. The zero-order chi connectivity index (χ0) is 18.4. The number of anilines is 1. The molecule has 1 fully saturated rings. The van der Waals surface area contributed by atoms with Gasteiger partial charge in [-0.25, -0.2) is 19.6 Å². The van der Waals surface area contributed by atoms with Crippen molar-refractivity contribution in [2.45, 2.75) is 31.7 Å². The zero-order valence-corrected chi connectivity index (χ0v) is 14.5. The Labute approximate surface area is 146 Å². The standard InChI is InChI=1S/C13H20N4.C4H4O4/c1-14-13-15-8-10-7-12-9(6-11(10)16-13)4-3-5-17(12)2;5-3(6)1-2-4(7)8/h8-9,12H,3-7H2,1-2H3,(H,14,15,16);1-2H,(H,5,6)(H,7,8)/b;2-1-/t9-,12-;/m0./s1. The molecular formula is C17H24N4O4. The van der Waals surface area contributed by atoms with Crippen LogP contribution in [-0.2, 0) is 22.4 Å². The van der Waals surface area contributed by atoms with Gasteiger partial charge < -0.3 is 20.4 Å². The lowest BCUT2D eigenvalue weighted by molar-refractivity contribution is -0.134. The molecule has 1 aliphatic carbocycles. The zero-order valence-electron chi connectivity index (χ0n) is 14.5. The summed E-state index contributed by atoms with van der Waals surface area (Å²) in [7, 11) is 4.13. The first-order valence-electron chi connectivity index (χ1n) is 8.27. The minimum absolute atomic E-state index is 0.558. The van der Waals surface area contributed by atoms with E-state index in [9.17, 15) is 9.59 Å². The third-order valence-electron chi connectivity index (χ3n) is 4.63. The van der Waals surface area contributed by atoms with E-state index in [0.29, 0.717) is 18.2 Å². The van der Waals surface area contributed by atoms with Crippen molar-refractivity contribution in [3.8, 4) is 0 Å². The SMILES string of the molecule is CNc1ncc2c(n1)C[C@@H]1CCCN(C)[C@H]1C2.O=C(O)/C=C\C(=O)O. The molecule has 2 atom stereocenters. The second kappa shape index (κ2) is 8.57. The fraction of sp³-hybridized carbons (Fsp3) is 0.529. The van der Waals surface area contributed by atoms with Gasteiger partial charge in [0.2, 0.25) is 5.95 Å². The highest BCUT2D eigenvalue weighted by Gasteiger charge is 2.34. The number of hydrogen-bond acceptors (Lipinski definition) is 6. The number of carboxylic acid groups (broad SMARTS) is 2. The predicted octanol–water partition coefficient (Wildman–Crippen LogP) is 1.04. The van der Waals surface area contributed by atoms with Crippen LogP contribution in [0.3, 0.4) is 0 Å². The van der Waals surface area contributed by atoms with Crippen molar-refractivity contribution in [3.05, 3.63) is 29.6 Å². The van der Waals surface area contributed by atoms with Gasteiger partial charge in [-0.2, -0.15) is 0 Å². The molecule has 0 amide bonds. The summed E-state index contributed by atoms with van der Waals surface area (Å²) in [4.78, 5) is 30.6. The predicted molar refractivity (Wildman–Crippen MR) is 92.5 cm³/mol. The lowest BCUT2D eigenvalue weighted by Gasteiger charge is -2.42. The fourth-order valence-corrected chi connectivity index (χ4v) is 3.41. The Morgan fingerprint density at radius 1 is 1.28 bits per heavy atom. The Kier molecular flexibility index (Phi) is 6.46. The van der Waals surface area contributed by atoms with Crippen LogP contribution < -0.4 is 5.32 Å². The van der Waals surface area contributed by atoms with E-state index >= 15 is 0 Å². The molecule has 0 aromatic carbocycles. The quantitative estimate of drug-likeness (QED) is 0.694. The molecule has 1 aliphatic heterocycles. The van der Waals surface area contributed by atoms with Crippen LogP contribution in [0.15, 0.2) is 18.3 Å². The third kappa shape index (κ3) is 5.25. The van der Waals surface area contributed by atoms with Crippen molar-refractivity contribution >= 4 is 17.9 Å². The van der Waals surface area contributed by atoms with Crippen LogP contribution in [0.5, 0.6) is 0 Å². The molecule has 25 heavy (non-hydrogen) atoms. The van der Waals surface area contributed by atoms with Gasteiger partial charge in [-0.05, 0) is 50.8 Å². The largest absolute Gasteiger partial charge is 0.478 e. The van der Waals surface area contributed by atoms with E-state index in [1.807, 2.05) is 13.2 Å². The minimum Gasteiger partial charge on any atom is -0.478 e. The summed E-state index contributed by atoms with van der Waals surface area (Å²) in [5, 5.41) is 18.6. The molecule has 0 saturated carbocycles. The van der Waals surface area contributed by atoms with Crippen LogP contribution in [0.4, 0.5) is 5.95 Å². The van der Waals surface area contributed by atoms with Gasteiger partial charge in [0.25, 0.3) is 0 Å². The molecule has 3 rings (SSSR count). The Morgan fingerprint density at radius 3 is 2.56 bits per heavy atom. The molecule has 136 valence electrons. The highest BCUT2D eigenvalue weighted by Crippen LogP contribution is 2.33. The first-order chi connectivity index (χ1) is 11.9. The molecule has 2 heterocycles. The van der Waals surface area contributed by atoms with Crippen molar-refractivity contribution < 1.29 is 19.8 Å². The molecule has 0 bridgehead atoms. The first kappa shape index (κ1) is 18.9.